The van der Waals surface area contributed by atoms with E-state index in [2.05, 4.69) is 15.9 Å². The summed E-state index contributed by atoms with van der Waals surface area (Å²) >= 11 is 3.42. The summed E-state index contributed by atoms with van der Waals surface area (Å²) in [5.41, 5.74) is 4.20. The van der Waals surface area contributed by atoms with Gasteiger partial charge in [-0.1, -0.05) is 40.2 Å². The second-order valence-electron chi connectivity index (χ2n) is 7.46. The molecule has 2 aromatic heterocycles. The summed E-state index contributed by atoms with van der Waals surface area (Å²) in [5, 5.41) is 0.809. The van der Waals surface area contributed by atoms with Crippen LogP contribution >= 0.6 is 15.9 Å². The third-order valence-electron chi connectivity index (χ3n) is 5.39. The van der Waals surface area contributed by atoms with Gasteiger partial charge in [-0.25, -0.2) is 9.78 Å². The van der Waals surface area contributed by atoms with Gasteiger partial charge in [0.05, 0.1) is 23.0 Å². The second kappa shape index (κ2) is 9.01. The van der Waals surface area contributed by atoms with Gasteiger partial charge in [-0.2, -0.15) is 0 Å². The van der Waals surface area contributed by atoms with Crippen LogP contribution in [-0.4, -0.2) is 24.2 Å². The number of carbonyl (C=O) groups is 1. The minimum absolute atomic E-state index is 0.159. The number of hydrogen-bond donors (Lipinski definition) is 0. The van der Waals surface area contributed by atoms with Crippen LogP contribution in [0.15, 0.2) is 75.8 Å². The molecule has 1 aliphatic rings. The number of furan rings is 1. The molecule has 0 aliphatic heterocycles. The van der Waals surface area contributed by atoms with Crippen LogP contribution in [0, 0.1) is 0 Å². The molecule has 5 rings (SSSR count). The fraction of sp³-hybridized carbons (Fsp3) is 0.154. The Morgan fingerprint density at radius 2 is 1.97 bits per heavy atom. The molecule has 0 saturated carbocycles. The van der Waals surface area contributed by atoms with Gasteiger partial charge in [-0.15, -0.1) is 0 Å². The lowest BCUT2D eigenvalue weighted by Crippen LogP contribution is -2.15. The van der Waals surface area contributed by atoms with Crippen molar-refractivity contribution in [3.8, 4) is 5.75 Å². The third-order valence-corrected chi connectivity index (χ3v) is 5.88. The molecule has 2 heterocycles. The number of allylic oxidation sites excluding steroid dienone is 1. The number of rotatable bonds is 6. The molecule has 0 unspecified atom stereocenters. The zero-order valence-corrected chi connectivity index (χ0v) is 18.8. The molecular weight excluding hydrogens is 470 g/mol. The number of carbonyl (C=O) groups excluding carboxylic acids is 1. The van der Waals surface area contributed by atoms with E-state index in [1.165, 1.54) is 0 Å². The van der Waals surface area contributed by atoms with Crippen LogP contribution in [0.3, 0.4) is 0 Å². The molecule has 160 valence electrons. The van der Waals surface area contributed by atoms with Crippen LogP contribution in [0.25, 0.3) is 22.6 Å². The predicted octanol–water partition coefficient (Wildman–Crippen LogP) is 6.31. The van der Waals surface area contributed by atoms with Gasteiger partial charge in [0.25, 0.3) is 0 Å². The van der Waals surface area contributed by atoms with Crippen LogP contribution in [-0.2, 0) is 11.2 Å². The van der Waals surface area contributed by atoms with Gasteiger partial charge < -0.3 is 13.9 Å². The number of benzene rings is 2. The summed E-state index contributed by atoms with van der Waals surface area (Å²) in [4.78, 5) is 18.0. The Bertz CT molecular complexity index is 1310. The van der Waals surface area contributed by atoms with Crippen molar-refractivity contribution in [3.63, 3.8) is 0 Å². The van der Waals surface area contributed by atoms with Gasteiger partial charge in [0.1, 0.15) is 24.7 Å². The minimum Gasteiger partial charge on any atom is -0.490 e. The number of fused-ring (bicyclic) bond motifs is 2. The average molecular weight is 490 g/mol. The van der Waals surface area contributed by atoms with Crippen LogP contribution in [0.5, 0.6) is 5.75 Å². The maximum absolute atomic E-state index is 13.2. The zero-order valence-electron chi connectivity index (χ0n) is 17.2. The molecular formula is C26H20BrNO4. The Hall–Kier alpha value is -3.38. The second-order valence-corrected chi connectivity index (χ2v) is 8.37. The van der Waals surface area contributed by atoms with E-state index >= 15 is 0 Å². The zero-order chi connectivity index (χ0) is 21.9. The van der Waals surface area contributed by atoms with Gasteiger partial charge in [0.2, 0.25) is 0 Å². The van der Waals surface area contributed by atoms with E-state index in [0.29, 0.717) is 5.56 Å². The van der Waals surface area contributed by atoms with Gasteiger partial charge in [-0.05, 0) is 66.5 Å². The first-order chi connectivity index (χ1) is 15.7. The third kappa shape index (κ3) is 4.18. The van der Waals surface area contributed by atoms with Gasteiger partial charge in [-0.3, -0.25) is 0 Å². The number of pyridine rings is 1. The molecule has 0 saturated heterocycles. The van der Waals surface area contributed by atoms with Crippen molar-refractivity contribution in [2.75, 3.05) is 13.2 Å². The maximum Gasteiger partial charge on any atom is 0.339 e. The Kier molecular flexibility index (Phi) is 5.77. The molecule has 1 aliphatic carbocycles. The highest BCUT2D eigenvalue weighted by atomic mass is 79.9. The molecule has 0 atom stereocenters. The SMILES string of the molecule is O=C(OCCOc1cccc(Br)c1)c1c2c(nc3ccccc13)C(=Cc1ccco1)CC2. The van der Waals surface area contributed by atoms with Crippen molar-refractivity contribution in [2.24, 2.45) is 0 Å². The van der Waals surface area contributed by atoms with Crippen molar-refractivity contribution >= 4 is 44.5 Å². The molecule has 5 nitrogen and oxygen atoms in total. The number of ether oxygens (including phenoxy) is 2. The number of halogens is 1. The lowest BCUT2D eigenvalue weighted by molar-refractivity contribution is 0.0451. The molecule has 2 aromatic carbocycles. The largest absolute Gasteiger partial charge is 0.490 e. The maximum atomic E-state index is 13.2. The highest BCUT2D eigenvalue weighted by Gasteiger charge is 2.27. The van der Waals surface area contributed by atoms with E-state index in [4.69, 9.17) is 18.9 Å². The number of esters is 1. The summed E-state index contributed by atoms with van der Waals surface area (Å²) in [6, 6.07) is 19.0. The molecule has 0 N–H and O–H groups in total. The summed E-state index contributed by atoms with van der Waals surface area (Å²) in [7, 11) is 0. The number of nitrogens with zero attached hydrogens (tertiary/aromatic N) is 1. The number of para-hydroxylation sites is 1. The molecule has 6 heteroatoms. The van der Waals surface area contributed by atoms with Crippen molar-refractivity contribution < 1.29 is 18.7 Å². The number of aromatic nitrogens is 1. The number of hydrogen-bond acceptors (Lipinski definition) is 5. The molecule has 0 amide bonds. The lowest BCUT2D eigenvalue weighted by Gasteiger charge is -2.13. The average Bonchev–Trinajstić information content (AvgIpc) is 3.45. The highest BCUT2D eigenvalue weighted by Crippen LogP contribution is 2.37. The monoisotopic (exact) mass is 489 g/mol. The molecule has 0 fully saturated rings. The van der Waals surface area contributed by atoms with Gasteiger partial charge >= 0.3 is 5.97 Å². The summed E-state index contributed by atoms with van der Waals surface area (Å²) in [5.74, 6) is 1.15. The summed E-state index contributed by atoms with van der Waals surface area (Å²) < 4.78 is 17.7. The quantitative estimate of drug-likeness (QED) is 0.234. The Balaban J connectivity index is 1.40. The lowest BCUT2D eigenvalue weighted by atomic mass is 10.0. The molecule has 0 bridgehead atoms. The minimum atomic E-state index is -0.350. The standard InChI is InChI=1S/C26H20BrNO4/c27-18-5-3-6-20(16-18)31-13-14-32-26(29)24-21-8-1-2-9-23(21)28-25-17(10-11-22(24)25)15-19-7-4-12-30-19/h1-9,12,15-16H,10-11,13-14H2. The Labute approximate surface area is 193 Å². The first-order valence-corrected chi connectivity index (χ1v) is 11.2. The van der Waals surface area contributed by atoms with E-state index in [9.17, 15) is 4.79 Å². The van der Waals surface area contributed by atoms with Crippen molar-refractivity contribution in [1.29, 1.82) is 0 Å². The van der Waals surface area contributed by atoms with Crippen molar-refractivity contribution in [1.82, 2.24) is 4.98 Å². The Morgan fingerprint density at radius 1 is 1.06 bits per heavy atom. The smallest absolute Gasteiger partial charge is 0.339 e. The van der Waals surface area contributed by atoms with E-state index < -0.39 is 0 Å². The fourth-order valence-corrected chi connectivity index (χ4v) is 4.36. The van der Waals surface area contributed by atoms with Crippen molar-refractivity contribution in [2.45, 2.75) is 12.8 Å². The highest BCUT2D eigenvalue weighted by molar-refractivity contribution is 9.10. The first kappa shape index (κ1) is 20.5. The van der Waals surface area contributed by atoms with Crippen LogP contribution in [0.2, 0.25) is 0 Å². The summed E-state index contributed by atoms with van der Waals surface area (Å²) in [6.45, 7) is 0.433. The van der Waals surface area contributed by atoms with E-state index in [0.717, 1.165) is 56.6 Å². The predicted molar refractivity (Wildman–Crippen MR) is 127 cm³/mol. The van der Waals surface area contributed by atoms with Gasteiger partial charge in [0, 0.05) is 9.86 Å². The molecule has 32 heavy (non-hydrogen) atoms. The normalized spacial score (nSPS) is 14.0. The van der Waals surface area contributed by atoms with E-state index in [-0.39, 0.29) is 19.2 Å². The topological polar surface area (TPSA) is 61.6 Å². The van der Waals surface area contributed by atoms with Gasteiger partial charge in [0.15, 0.2) is 0 Å². The van der Waals surface area contributed by atoms with Crippen LogP contribution in [0.1, 0.15) is 33.8 Å². The fourth-order valence-electron chi connectivity index (χ4n) is 3.98. The molecule has 4 aromatic rings. The van der Waals surface area contributed by atoms with Crippen LogP contribution in [0.4, 0.5) is 0 Å². The first-order valence-electron chi connectivity index (χ1n) is 10.4. The Morgan fingerprint density at radius 3 is 2.81 bits per heavy atom. The van der Waals surface area contributed by atoms with Crippen LogP contribution < -0.4 is 4.74 Å². The summed E-state index contributed by atoms with van der Waals surface area (Å²) in [6.07, 6.45) is 5.17. The van der Waals surface area contributed by atoms with E-state index in [1.807, 2.05) is 66.7 Å². The molecule has 0 spiro atoms. The van der Waals surface area contributed by atoms with Crippen molar-refractivity contribution in [3.05, 3.63) is 94.0 Å². The molecule has 0 radical (unpaired) electrons. The van der Waals surface area contributed by atoms with E-state index in [1.54, 1.807) is 6.26 Å².